The smallest absolute Gasteiger partial charge is 0.211 e. The van der Waals surface area contributed by atoms with Crippen molar-refractivity contribution in [3.05, 3.63) is 24.3 Å². The summed E-state index contributed by atoms with van der Waals surface area (Å²) in [6, 6.07) is 7.92. The molecule has 0 unspecified atom stereocenters. The molecule has 0 atom stereocenters. The number of benzene rings is 1. The Morgan fingerprint density at radius 2 is 1.65 bits per heavy atom. The van der Waals surface area contributed by atoms with Gasteiger partial charge in [-0.3, -0.25) is 4.79 Å². The molecule has 1 saturated heterocycles. The number of thioether (sulfide) groups is 1. The highest BCUT2D eigenvalue weighted by Crippen LogP contribution is 2.17. The Morgan fingerprint density at radius 1 is 1.15 bits per heavy atom. The van der Waals surface area contributed by atoms with Crippen LogP contribution in [0.2, 0.25) is 0 Å². The first-order valence-electron chi connectivity index (χ1n) is 6.98. The number of hydrogen-bond acceptors (Lipinski definition) is 4. The van der Waals surface area contributed by atoms with Crippen molar-refractivity contribution >= 4 is 29.5 Å². The second-order valence-electron chi connectivity index (χ2n) is 3.95. The van der Waals surface area contributed by atoms with Gasteiger partial charge in [0.05, 0.1) is 0 Å². The largest absolute Gasteiger partial charge is 0.369 e. The molecular formula is C15H27N3OS. The number of piperazine rings is 1. The van der Waals surface area contributed by atoms with Crippen LogP contribution in [0.25, 0.3) is 0 Å². The standard InChI is InChI=1S/C11H15N3O.C2H6S.C2H6/c15-9-13-10-1-3-11(4-2-10)14-7-5-12-6-8-14;1-3-2;1-2/h1-4,9,12H,5-8H2,(H,13,15);1-2H3;1-2H3. The Kier molecular flexibility index (Phi) is 12.0. The summed E-state index contributed by atoms with van der Waals surface area (Å²) in [5.74, 6) is 0. The number of carbonyl (C=O) groups is 1. The maximum Gasteiger partial charge on any atom is 0.211 e. The van der Waals surface area contributed by atoms with Gasteiger partial charge in [-0.05, 0) is 36.8 Å². The van der Waals surface area contributed by atoms with Crippen LogP contribution in [0, 0.1) is 0 Å². The molecule has 1 heterocycles. The molecular weight excluding hydrogens is 270 g/mol. The van der Waals surface area contributed by atoms with E-state index in [0.29, 0.717) is 6.41 Å². The van der Waals surface area contributed by atoms with Gasteiger partial charge in [-0.25, -0.2) is 0 Å². The van der Waals surface area contributed by atoms with E-state index in [2.05, 4.69) is 15.5 Å². The highest BCUT2D eigenvalue weighted by Gasteiger charge is 2.09. The molecule has 0 bridgehead atoms. The van der Waals surface area contributed by atoms with Crippen molar-refractivity contribution < 1.29 is 4.79 Å². The van der Waals surface area contributed by atoms with E-state index in [0.717, 1.165) is 31.9 Å². The summed E-state index contributed by atoms with van der Waals surface area (Å²) in [6.07, 6.45) is 4.78. The van der Waals surface area contributed by atoms with Crippen molar-refractivity contribution in [3.63, 3.8) is 0 Å². The van der Waals surface area contributed by atoms with Crippen LogP contribution in [-0.4, -0.2) is 45.1 Å². The SMILES string of the molecule is CC.CSC.O=CNc1ccc(N2CCNCC2)cc1. The monoisotopic (exact) mass is 297 g/mol. The highest BCUT2D eigenvalue weighted by atomic mass is 32.2. The van der Waals surface area contributed by atoms with Crippen LogP contribution in [0.5, 0.6) is 0 Å². The van der Waals surface area contributed by atoms with Gasteiger partial charge in [0, 0.05) is 37.6 Å². The Morgan fingerprint density at radius 3 is 2.10 bits per heavy atom. The third-order valence-electron chi connectivity index (χ3n) is 2.58. The first-order valence-corrected chi connectivity index (χ1v) is 8.61. The average Bonchev–Trinajstić information content (AvgIpc) is 2.52. The third-order valence-corrected chi connectivity index (χ3v) is 2.58. The predicted octanol–water partition coefficient (Wildman–Crippen LogP) is 2.67. The second-order valence-corrected chi connectivity index (χ2v) is 4.77. The summed E-state index contributed by atoms with van der Waals surface area (Å²) in [6.45, 7) is 8.16. The lowest BCUT2D eigenvalue weighted by Crippen LogP contribution is -2.43. The quantitative estimate of drug-likeness (QED) is 0.842. The molecule has 0 radical (unpaired) electrons. The van der Waals surface area contributed by atoms with Crippen LogP contribution in [-0.2, 0) is 4.79 Å². The van der Waals surface area contributed by atoms with Gasteiger partial charge in [-0.1, -0.05) is 13.8 Å². The number of nitrogens with one attached hydrogen (secondary N) is 2. The van der Waals surface area contributed by atoms with Crippen molar-refractivity contribution in [2.75, 3.05) is 48.9 Å². The zero-order valence-electron chi connectivity index (χ0n) is 13.0. The van der Waals surface area contributed by atoms with Gasteiger partial charge >= 0.3 is 0 Å². The lowest BCUT2D eigenvalue weighted by atomic mass is 10.2. The number of carbonyl (C=O) groups excluding carboxylic acids is 1. The molecule has 1 aromatic carbocycles. The molecule has 1 aliphatic rings. The molecule has 114 valence electrons. The van der Waals surface area contributed by atoms with Crippen molar-refractivity contribution in [3.8, 4) is 0 Å². The Balaban J connectivity index is 0.000000641. The highest BCUT2D eigenvalue weighted by molar-refractivity contribution is 7.97. The van der Waals surface area contributed by atoms with E-state index in [1.54, 1.807) is 11.8 Å². The molecule has 1 aliphatic heterocycles. The van der Waals surface area contributed by atoms with Gasteiger partial charge in [-0.15, -0.1) is 0 Å². The summed E-state index contributed by atoms with van der Waals surface area (Å²) < 4.78 is 0. The lowest BCUT2D eigenvalue weighted by Gasteiger charge is -2.29. The first-order chi connectivity index (χ1) is 9.81. The maximum atomic E-state index is 10.2. The summed E-state index contributed by atoms with van der Waals surface area (Å²) >= 11 is 1.75. The molecule has 1 fully saturated rings. The van der Waals surface area contributed by atoms with Crippen LogP contribution in [0.4, 0.5) is 11.4 Å². The minimum absolute atomic E-state index is 0.694. The van der Waals surface area contributed by atoms with Crippen molar-refractivity contribution in [1.82, 2.24) is 5.32 Å². The molecule has 2 N–H and O–H groups in total. The summed E-state index contributed by atoms with van der Waals surface area (Å²) in [5.41, 5.74) is 2.05. The summed E-state index contributed by atoms with van der Waals surface area (Å²) in [5, 5.41) is 5.94. The van der Waals surface area contributed by atoms with Crippen molar-refractivity contribution in [2.24, 2.45) is 0 Å². The molecule has 0 spiro atoms. The molecule has 0 aromatic heterocycles. The normalized spacial score (nSPS) is 13.3. The van der Waals surface area contributed by atoms with Gasteiger partial charge in [0.25, 0.3) is 0 Å². The number of amides is 1. The fraction of sp³-hybridized carbons (Fsp3) is 0.533. The lowest BCUT2D eigenvalue weighted by molar-refractivity contribution is -0.105. The number of nitrogens with zero attached hydrogens (tertiary/aromatic N) is 1. The summed E-state index contributed by atoms with van der Waals surface area (Å²) in [7, 11) is 0. The third kappa shape index (κ3) is 7.40. The number of hydrogen-bond donors (Lipinski definition) is 2. The van der Waals surface area contributed by atoms with E-state index in [1.165, 1.54) is 5.69 Å². The van der Waals surface area contributed by atoms with Gasteiger partial charge in [0.15, 0.2) is 0 Å². The molecule has 0 saturated carbocycles. The molecule has 4 nitrogen and oxygen atoms in total. The van der Waals surface area contributed by atoms with Crippen LogP contribution in [0.1, 0.15) is 13.8 Å². The van der Waals surface area contributed by atoms with Crippen LogP contribution >= 0.6 is 11.8 Å². The zero-order chi connectivity index (χ0) is 15.2. The van der Waals surface area contributed by atoms with Gasteiger partial charge in [-0.2, -0.15) is 11.8 Å². The zero-order valence-corrected chi connectivity index (χ0v) is 13.8. The number of rotatable bonds is 3. The van der Waals surface area contributed by atoms with Crippen LogP contribution < -0.4 is 15.5 Å². The minimum Gasteiger partial charge on any atom is -0.369 e. The first kappa shape index (κ1) is 18.8. The van der Waals surface area contributed by atoms with Gasteiger partial charge in [0.1, 0.15) is 0 Å². The van der Waals surface area contributed by atoms with E-state index in [4.69, 9.17) is 0 Å². The van der Waals surface area contributed by atoms with Crippen LogP contribution in [0.15, 0.2) is 24.3 Å². The van der Waals surface area contributed by atoms with Crippen LogP contribution in [0.3, 0.4) is 0 Å². The van der Waals surface area contributed by atoms with Gasteiger partial charge < -0.3 is 15.5 Å². The topological polar surface area (TPSA) is 44.4 Å². The van der Waals surface area contributed by atoms with Gasteiger partial charge in [0.2, 0.25) is 6.41 Å². The molecule has 1 amide bonds. The molecule has 5 heteroatoms. The molecule has 20 heavy (non-hydrogen) atoms. The van der Waals surface area contributed by atoms with E-state index in [1.807, 2.05) is 50.6 Å². The average molecular weight is 297 g/mol. The number of anilines is 2. The van der Waals surface area contributed by atoms with E-state index in [-0.39, 0.29) is 0 Å². The van der Waals surface area contributed by atoms with Crippen molar-refractivity contribution in [1.29, 1.82) is 0 Å². The Hall–Kier alpha value is -1.20. The molecule has 1 aromatic rings. The minimum atomic E-state index is 0.694. The second kappa shape index (κ2) is 12.8. The maximum absolute atomic E-state index is 10.2. The van der Waals surface area contributed by atoms with E-state index >= 15 is 0 Å². The van der Waals surface area contributed by atoms with E-state index in [9.17, 15) is 4.79 Å². The summed E-state index contributed by atoms with van der Waals surface area (Å²) in [4.78, 5) is 12.6. The fourth-order valence-electron chi connectivity index (χ4n) is 1.76. The Bertz CT molecular complexity index is 337. The fourth-order valence-corrected chi connectivity index (χ4v) is 1.76. The predicted molar refractivity (Wildman–Crippen MR) is 92.0 cm³/mol. The van der Waals surface area contributed by atoms with Crippen molar-refractivity contribution in [2.45, 2.75) is 13.8 Å². The molecule has 2 rings (SSSR count). The molecule has 0 aliphatic carbocycles. The van der Waals surface area contributed by atoms with E-state index < -0.39 is 0 Å². The Labute approximate surface area is 127 Å².